The highest BCUT2D eigenvalue weighted by molar-refractivity contribution is 6.06. The predicted molar refractivity (Wildman–Crippen MR) is 106 cm³/mol. The highest BCUT2D eigenvalue weighted by atomic mass is 16.5. The van der Waals surface area contributed by atoms with E-state index in [1.807, 2.05) is 19.1 Å². The molecular formula is C23H22O6. The summed E-state index contributed by atoms with van der Waals surface area (Å²) in [6, 6.07) is 7.23. The Balaban J connectivity index is 1.58. The van der Waals surface area contributed by atoms with E-state index < -0.39 is 12.0 Å². The molecule has 0 unspecified atom stereocenters. The molecule has 0 bridgehead atoms. The summed E-state index contributed by atoms with van der Waals surface area (Å²) >= 11 is 0. The molecule has 0 saturated carbocycles. The van der Waals surface area contributed by atoms with Crippen LogP contribution in [-0.2, 0) is 6.42 Å². The summed E-state index contributed by atoms with van der Waals surface area (Å²) < 4.78 is 29.0. The highest BCUT2D eigenvalue weighted by Gasteiger charge is 2.45. The van der Waals surface area contributed by atoms with Gasteiger partial charge in [-0.1, -0.05) is 6.58 Å². The van der Waals surface area contributed by atoms with E-state index >= 15 is 0 Å². The summed E-state index contributed by atoms with van der Waals surface area (Å²) in [5.74, 6) is 2.68. The number of rotatable bonds is 3. The molecule has 150 valence electrons. The molecule has 0 aromatic heterocycles. The predicted octanol–water partition coefficient (Wildman–Crippen LogP) is 3.70. The number of carbonyl (C=O) groups is 1. The zero-order chi connectivity index (χ0) is 20.3. The Kier molecular flexibility index (Phi) is 3.98. The third-order valence-corrected chi connectivity index (χ3v) is 5.87. The van der Waals surface area contributed by atoms with Gasteiger partial charge in [0.2, 0.25) is 0 Å². The summed E-state index contributed by atoms with van der Waals surface area (Å²) in [4.78, 5) is 13.5. The van der Waals surface area contributed by atoms with Crippen molar-refractivity contribution in [3.05, 3.63) is 53.1 Å². The van der Waals surface area contributed by atoms with Crippen LogP contribution in [0.3, 0.4) is 0 Å². The zero-order valence-electron chi connectivity index (χ0n) is 16.6. The molecular weight excluding hydrogens is 372 g/mol. The molecule has 0 saturated heterocycles. The number of hydrogen-bond acceptors (Lipinski definition) is 6. The van der Waals surface area contributed by atoms with E-state index in [1.54, 1.807) is 26.4 Å². The Bertz CT molecular complexity index is 1040. The Hall–Kier alpha value is -3.15. The summed E-state index contributed by atoms with van der Waals surface area (Å²) in [5, 5.41) is 0. The third-order valence-electron chi connectivity index (χ3n) is 5.87. The number of Topliss-reactive ketones (excluding diaryl/α,β-unsaturated/α-hetero) is 1. The van der Waals surface area contributed by atoms with Crippen LogP contribution in [0.2, 0.25) is 0 Å². The van der Waals surface area contributed by atoms with Crippen LogP contribution in [0.1, 0.15) is 34.3 Å². The number of fused-ring (bicyclic) bond motifs is 6. The van der Waals surface area contributed by atoms with Gasteiger partial charge >= 0.3 is 0 Å². The van der Waals surface area contributed by atoms with Crippen molar-refractivity contribution in [1.82, 2.24) is 0 Å². The fraction of sp³-hybridized carbons (Fsp3) is 0.348. The molecule has 3 aliphatic heterocycles. The van der Waals surface area contributed by atoms with Gasteiger partial charge in [-0.2, -0.15) is 0 Å². The van der Waals surface area contributed by atoms with Crippen molar-refractivity contribution < 1.29 is 28.5 Å². The summed E-state index contributed by atoms with van der Waals surface area (Å²) in [5.41, 5.74) is 3.22. The second-order valence-corrected chi connectivity index (χ2v) is 7.63. The minimum absolute atomic E-state index is 0.0228. The van der Waals surface area contributed by atoms with Crippen LogP contribution in [0.25, 0.3) is 0 Å². The Morgan fingerprint density at radius 3 is 2.59 bits per heavy atom. The first-order valence-electron chi connectivity index (χ1n) is 9.59. The van der Waals surface area contributed by atoms with E-state index in [1.165, 1.54) is 0 Å². The van der Waals surface area contributed by atoms with Crippen molar-refractivity contribution >= 4 is 5.78 Å². The lowest BCUT2D eigenvalue weighted by Gasteiger charge is -2.37. The van der Waals surface area contributed by atoms with E-state index in [2.05, 4.69) is 6.58 Å². The first-order chi connectivity index (χ1) is 14.0. The normalized spacial score (nSPS) is 23.4. The molecule has 5 rings (SSSR count). The number of ether oxygens (including phenoxy) is 5. The van der Waals surface area contributed by atoms with Crippen LogP contribution in [-0.4, -0.2) is 38.8 Å². The molecule has 0 N–H and O–H groups in total. The smallest absolute Gasteiger partial charge is 0.178 e. The molecule has 6 nitrogen and oxygen atoms in total. The van der Waals surface area contributed by atoms with Crippen LogP contribution in [0.5, 0.6) is 28.7 Å². The monoisotopic (exact) mass is 394 g/mol. The maximum absolute atomic E-state index is 13.5. The fourth-order valence-electron chi connectivity index (χ4n) is 4.34. The lowest BCUT2D eigenvalue weighted by molar-refractivity contribution is 0.0554. The van der Waals surface area contributed by atoms with Crippen molar-refractivity contribution in [2.45, 2.75) is 31.5 Å². The fourth-order valence-corrected chi connectivity index (χ4v) is 4.34. The van der Waals surface area contributed by atoms with Gasteiger partial charge in [0.15, 0.2) is 17.3 Å². The van der Waals surface area contributed by atoms with Crippen molar-refractivity contribution in [3.63, 3.8) is 0 Å². The van der Waals surface area contributed by atoms with Gasteiger partial charge < -0.3 is 23.7 Å². The molecule has 6 heteroatoms. The molecule has 0 aliphatic carbocycles. The molecule has 0 spiro atoms. The van der Waals surface area contributed by atoms with E-state index in [0.717, 1.165) is 22.4 Å². The van der Waals surface area contributed by atoms with Crippen molar-refractivity contribution in [3.8, 4) is 28.7 Å². The van der Waals surface area contributed by atoms with Crippen LogP contribution in [0, 0.1) is 0 Å². The van der Waals surface area contributed by atoms with Gasteiger partial charge in [0, 0.05) is 23.6 Å². The van der Waals surface area contributed by atoms with Crippen LogP contribution >= 0.6 is 0 Å². The second kappa shape index (κ2) is 6.44. The molecule has 0 fully saturated rings. The van der Waals surface area contributed by atoms with E-state index in [0.29, 0.717) is 35.0 Å². The molecule has 3 heterocycles. The van der Waals surface area contributed by atoms with E-state index in [9.17, 15) is 4.79 Å². The molecule has 2 aromatic carbocycles. The second-order valence-electron chi connectivity index (χ2n) is 7.63. The van der Waals surface area contributed by atoms with Crippen LogP contribution in [0.4, 0.5) is 0 Å². The lowest BCUT2D eigenvalue weighted by atomic mass is 9.81. The number of carbonyl (C=O) groups excluding carboxylic acids is 1. The van der Waals surface area contributed by atoms with E-state index in [-0.39, 0.29) is 18.5 Å². The Morgan fingerprint density at radius 1 is 1.10 bits per heavy atom. The molecule has 3 aliphatic rings. The number of ketones is 1. The molecule has 2 aromatic rings. The summed E-state index contributed by atoms with van der Waals surface area (Å²) in [7, 11) is 3.14. The number of benzene rings is 2. The lowest BCUT2D eigenvalue weighted by Crippen LogP contribution is -2.43. The van der Waals surface area contributed by atoms with Gasteiger partial charge in [-0.3, -0.25) is 4.79 Å². The average molecular weight is 394 g/mol. The minimum atomic E-state index is -0.455. The minimum Gasteiger partial charge on any atom is -0.493 e. The van der Waals surface area contributed by atoms with Crippen molar-refractivity contribution in [2.75, 3.05) is 20.8 Å². The first-order valence-corrected chi connectivity index (χ1v) is 9.59. The number of hydrogen-bond donors (Lipinski definition) is 0. The van der Waals surface area contributed by atoms with E-state index in [4.69, 9.17) is 23.7 Å². The zero-order valence-corrected chi connectivity index (χ0v) is 16.6. The Morgan fingerprint density at radius 2 is 1.86 bits per heavy atom. The van der Waals surface area contributed by atoms with Gasteiger partial charge in [0.1, 0.15) is 36.1 Å². The van der Waals surface area contributed by atoms with Gasteiger partial charge in [0.05, 0.1) is 25.7 Å². The standard InChI is InChI=1S/C23H22O6/c1-11(2)16-8-14-15(28-16)6-5-12-22(24)21-13-7-18(25-3)19(26-4)9-17(13)27-10-20(21)29-23(12)14/h5-7,9,16,20-21H,1,8,10H2,2-4H3/t16-,20-,21-/m0/s1. The average Bonchev–Trinajstić information content (AvgIpc) is 3.17. The largest absolute Gasteiger partial charge is 0.493 e. The molecule has 0 radical (unpaired) electrons. The van der Waals surface area contributed by atoms with Crippen LogP contribution in [0.15, 0.2) is 36.4 Å². The maximum atomic E-state index is 13.5. The van der Waals surface area contributed by atoms with Crippen molar-refractivity contribution in [2.24, 2.45) is 0 Å². The van der Waals surface area contributed by atoms with Gasteiger partial charge in [-0.05, 0) is 30.7 Å². The van der Waals surface area contributed by atoms with Gasteiger partial charge in [0.25, 0.3) is 0 Å². The highest BCUT2D eigenvalue weighted by Crippen LogP contribution is 2.49. The van der Waals surface area contributed by atoms with Crippen LogP contribution < -0.4 is 23.7 Å². The molecule has 3 atom stereocenters. The summed E-state index contributed by atoms with van der Waals surface area (Å²) in [6.07, 6.45) is 0.157. The summed E-state index contributed by atoms with van der Waals surface area (Å²) in [6.45, 7) is 6.22. The van der Waals surface area contributed by atoms with Gasteiger partial charge in [-0.25, -0.2) is 0 Å². The third kappa shape index (κ3) is 2.58. The molecule has 29 heavy (non-hydrogen) atoms. The Labute approximate surface area is 169 Å². The maximum Gasteiger partial charge on any atom is 0.178 e. The topological polar surface area (TPSA) is 63.2 Å². The molecule has 0 amide bonds. The van der Waals surface area contributed by atoms with Gasteiger partial charge in [-0.15, -0.1) is 0 Å². The SMILES string of the molecule is C=C(C)[C@@H]1Cc2c(ccc3c2O[C@H]2COc4cc(OC)c(OC)cc4[C@@H]2C3=O)O1. The number of methoxy groups -OCH3 is 2. The quantitative estimate of drug-likeness (QED) is 0.740. The first kappa shape index (κ1) is 17.9. The van der Waals surface area contributed by atoms with Crippen molar-refractivity contribution in [1.29, 1.82) is 0 Å².